The summed E-state index contributed by atoms with van der Waals surface area (Å²) in [5, 5.41) is 0.610. The van der Waals surface area contributed by atoms with Gasteiger partial charge in [0.2, 0.25) is 0 Å². The van der Waals surface area contributed by atoms with Crippen molar-refractivity contribution in [3.05, 3.63) is 78.0 Å². The molecule has 0 bridgehead atoms. The van der Waals surface area contributed by atoms with Gasteiger partial charge in [-0.2, -0.15) is 0 Å². The number of nitrogens with zero attached hydrogens (tertiary/aromatic N) is 4. The summed E-state index contributed by atoms with van der Waals surface area (Å²) < 4.78 is 65.6. The van der Waals surface area contributed by atoms with Crippen LogP contribution in [0.5, 0.6) is 0 Å². The number of benzene rings is 2. The first-order valence-corrected chi connectivity index (χ1v) is 19.6. The second kappa shape index (κ2) is 13.4. The molecule has 0 saturated carbocycles. The zero-order valence-corrected chi connectivity index (χ0v) is 31.1. The van der Waals surface area contributed by atoms with Gasteiger partial charge in [-0.3, -0.25) is 0 Å². The average Bonchev–Trinajstić information content (AvgIpc) is 3.41. The topological polar surface area (TPSA) is 128 Å². The number of carbonyl (C=O) groups excluding carboxylic acids is 1. The van der Waals surface area contributed by atoms with Crippen molar-refractivity contribution >= 4 is 42.7 Å². The van der Waals surface area contributed by atoms with Gasteiger partial charge >= 0.3 is 6.09 Å². The van der Waals surface area contributed by atoms with Crippen molar-refractivity contribution in [3.63, 3.8) is 0 Å². The normalized spacial score (nSPS) is 16.2. The first kappa shape index (κ1) is 36.3. The van der Waals surface area contributed by atoms with E-state index in [0.717, 1.165) is 6.42 Å². The Morgan fingerprint density at radius 2 is 1.69 bits per heavy atom. The number of fused-ring (bicyclic) bond motifs is 1. The molecule has 0 aliphatic carbocycles. The Morgan fingerprint density at radius 1 is 1.00 bits per heavy atom. The summed E-state index contributed by atoms with van der Waals surface area (Å²) in [4.78, 5) is 21.6. The van der Waals surface area contributed by atoms with Crippen LogP contribution in [0.2, 0.25) is 0 Å². The van der Waals surface area contributed by atoms with E-state index in [4.69, 9.17) is 14.5 Å². The molecule has 0 N–H and O–H groups in total. The molecule has 1 atom stereocenters. The Bertz CT molecular complexity index is 2070. The predicted octanol–water partition coefficient (Wildman–Crippen LogP) is 6.20. The maximum Gasteiger partial charge on any atom is 0.410 e. The fourth-order valence-corrected chi connectivity index (χ4v) is 7.92. The third-order valence-corrected chi connectivity index (χ3v) is 12.8. The fraction of sp³-hybridized carbons (Fsp3) is 0.444. The summed E-state index contributed by atoms with van der Waals surface area (Å²) in [5.41, 5.74) is 1.89. The quantitative estimate of drug-likeness (QED) is 0.199. The van der Waals surface area contributed by atoms with Crippen LogP contribution in [-0.4, -0.2) is 81.5 Å². The van der Waals surface area contributed by atoms with Crippen LogP contribution in [0.25, 0.3) is 22.2 Å². The largest absolute Gasteiger partial charge is 0.444 e. The van der Waals surface area contributed by atoms with E-state index in [9.17, 15) is 21.6 Å². The summed E-state index contributed by atoms with van der Waals surface area (Å²) in [6, 6.07) is 19.0. The number of hydrogen-bond donors (Lipinski definition) is 0. The highest BCUT2D eigenvalue weighted by molar-refractivity contribution is 7.91. The van der Waals surface area contributed by atoms with Gasteiger partial charge in [0.05, 0.1) is 52.3 Å². The molecule has 0 spiro atoms. The summed E-state index contributed by atoms with van der Waals surface area (Å²) in [7, 11) is -6.02. The lowest BCUT2D eigenvalue weighted by molar-refractivity contribution is 0.0282. The van der Waals surface area contributed by atoms with Crippen molar-refractivity contribution in [1.82, 2.24) is 13.9 Å². The van der Waals surface area contributed by atoms with Gasteiger partial charge in [-0.05, 0) is 89.1 Å². The van der Waals surface area contributed by atoms with E-state index in [1.54, 1.807) is 84.1 Å². The van der Waals surface area contributed by atoms with E-state index in [0.29, 0.717) is 59.0 Å². The van der Waals surface area contributed by atoms with E-state index in [1.165, 1.54) is 27.3 Å². The zero-order chi connectivity index (χ0) is 35.9. The molecule has 2 aromatic carbocycles. The molecular formula is C36H46N4O7S2. The zero-order valence-electron chi connectivity index (χ0n) is 29.4. The number of aromatic nitrogens is 2. The Morgan fingerprint density at radius 3 is 2.33 bits per heavy atom. The molecule has 264 valence electrons. The van der Waals surface area contributed by atoms with Crippen LogP contribution in [0, 0.1) is 0 Å². The molecule has 1 saturated heterocycles. The second-order valence-electron chi connectivity index (χ2n) is 14.0. The predicted molar refractivity (Wildman–Crippen MR) is 192 cm³/mol. The van der Waals surface area contributed by atoms with Gasteiger partial charge in [-0.25, -0.2) is 30.6 Å². The standard InChI is InChI=1S/C36H46N4O7S2/c1-9-28-24-46-18-17-39(28)33-22-27(36(5,6)48(8,42)43)21-31(37-33)25-15-16-32-26(19-25)20-29(23-38(7)34(41)47-35(2,3)4)40(32)49(44,45)30-13-11-10-12-14-30/h10-16,19-22,28H,9,17-18,23-24H2,1-8H3/t28-/m0/s1. The van der Waals surface area contributed by atoms with Crippen molar-refractivity contribution in [2.45, 2.75) is 75.8 Å². The highest BCUT2D eigenvalue weighted by Crippen LogP contribution is 2.37. The summed E-state index contributed by atoms with van der Waals surface area (Å²) in [5.74, 6) is 0.656. The van der Waals surface area contributed by atoms with Crippen molar-refractivity contribution < 1.29 is 31.1 Å². The molecular weight excluding hydrogens is 665 g/mol. The van der Waals surface area contributed by atoms with E-state index < -0.39 is 36.3 Å². The summed E-state index contributed by atoms with van der Waals surface area (Å²) in [6.07, 6.45) is 1.47. The first-order chi connectivity index (χ1) is 22.8. The Kier molecular flexibility index (Phi) is 9.94. The third kappa shape index (κ3) is 7.48. The van der Waals surface area contributed by atoms with Crippen molar-refractivity contribution in [2.24, 2.45) is 0 Å². The number of sulfone groups is 1. The maximum absolute atomic E-state index is 14.1. The Hall–Kier alpha value is -3.94. The molecule has 13 heteroatoms. The lowest BCUT2D eigenvalue weighted by atomic mass is 9.99. The van der Waals surface area contributed by atoms with Crippen LogP contribution in [0.15, 0.2) is 71.6 Å². The van der Waals surface area contributed by atoms with Gasteiger partial charge in [-0.1, -0.05) is 31.2 Å². The number of pyridine rings is 1. The maximum atomic E-state index is 14.1. The fourth-order valence-electron chi connectivity index (χ4n) is 5.81. The molecule has 5 rings (SSSR count). The van der Waals surface area contributed by atoms with Crippen molar-refractivity contribution in [2.75, 3.05) is 38.0 Å². The molecule has 11 nitrogen and oxygen atoms in total. The highest BCUT2D eigenvalue weighted by atomic mass is 32.2. The Balaban J connectivity index is 1.69. The molecule has 1 aliphatic rings. The lowest BCUT2D eigenvalue weighted by Gasteiger charge is -2.37. The molecule has 4 aromatic rings. The number of anilines is 1. The van der Waals surface area contributed by atoms with E-state index in [-0.39, 0.29) is 17.5 Å². The minimum absolute atomic E-state index is 0.0408. The number of morpholine rings is 1. The molecule has 1 amide bonds. The number of carbonyl (C=O) groups is 1. The van der Waals surface area contributed by atoms with Gasteiger partial charge in [-0.15, -0.1) is 0 Å². The van der Waals surface area contributed by atoms with Crippen LogP contribution in [-0.2, 0) is 40.6 Å². The molecule has 1 fully saturated rings. The van der Waals surface area contributed by atoms with Crippen LogP contribution in [0.4, 0.5) is 10.6 Å². The van der Waals surface area contributed by atoms with Gasteiger partial charge < -0.3 is 19.3 Å². The van der Waals surface area contributed by atoms with Crippen molar-refractivity contribution in [1.29, 1.82) is 0 Å². The number of rotatable bonds is 9. The van der Waals surface area contributed by atoms with Crippen LogP contribution in [0.3, 0.4) is 0 Å². The molecule has 2 aromatic heterocycles. The van der Waals surface area contributed by atoms with Gasteiger partial charge in [0, 0.05) is 30.8 Å². The minimum Gasteiger partial charge on any atom is -0.444 e. The van der Waals surface area contributed by atoms with E-state index in [1.807, 2.05) is 12.1 Å². The minimum atomic E-state index is -4.07. The number of amides is 1. The Labute approximate surface area is 289 Å². The van der Waals surface area contributed by atoms with E-state index >= 15 is 0 Å². The molecule has 0 radical (unpaired) electrons. The van der Waals surface area contributed by atoms with Crippen LogP contribution in [0.1, 0.15) is 59.2 Å². The second-order valence-corrected chi connectivity index (χ2v) is 18.4. The summed E-state index contributed by atoms with van der Waals surface area (Å²) in [6.45, 7) is 12.4. The number of hydrogen-bond acceptors (Lipinski definition) is 9. The molecule has 1 aliphatic heterocycles. The highest BCUT2D eigenvalue weighted by Gasteiger charge is 2.35. The average molecular weight is 711 g/mol. The van der Waals surface area contributed by atoms with Crippen molar-refractivity contribution in [3.8, 4) is 11.3 Å². The van der Waals surface area contributed by atoms with Gasteiger partial charge in [0.25, 0.3) is 10.0 Å². The number of ether oxygens (including phenoxy) is 2. The monoisotopic (exact) mass is 710 g/mol. The molecule has 3 heterocycles. The third-order valence-electron chi connectivity index (χ3n) is 8.94. The van der Waals surface area contributed by atoms with Gasteiger partial charge in [0.1, 0.15) is 11.4 Å². The van der Waals surface area contributed by atoms with Crippen LogP contribution >= 0.6 is 0 Å². The molecule has 49 heavy (non-hydrogen) atoms. The SMILES string of the molecule is CC[C@H]1COCCN1c1cc(C(C)(C)S(C)(=O)=O)cc(-c2ccc3c(c2)cc(CN(C)C(=O)OC(C)(C)C)n3S(=O)(=O)c2ccccc2)n1. The van der Waals surface area contributed by atoms with E-state index in [2.05, 4.69) is 11.8 Å². The van der Waals surface area contributed by atoms with Gasteiger partial charge in [0.15, 0.2) is 9.84 Å². The summed E-state index contributed by atoms with van der Waals surface area (Å²) >= 11 is 0. The lowest BCUT2D eigenvalue weighted by Crippen LogP contribution is -2.45. The van der Waals surface area contributed by atoms with Crippen LogP contribution < -0.4 is 4.90 Å². The smallest absolute Gasteiger partial charge is 0.410 e. The molecule has 0 unspecified atom stereocenters. The first-order valence-electron chi connectivity index (χ1n) is 16.3.